The molecule has 0 radical (unpaired) electrons. The van der Waals surface area contributed by atoms with Crippen molar-refractivity contribution in [3.8, 4) is 0 Å². The van der Waals surface area contributed by atoms with Crippen LogP contribution in [0.2, 0.25) is 0 Å². The van der Waals surface area contributed by atoms with Gasteiger partial charge in [-0.2, -0.15) is 0 Å². The highest BCUT2D eigenvalue weighted by Crippen LogP contribution is 2.14. The van der Waals surface area contributed by atoms with Gasteiger partial charge in [-0.15, -0.1) is 0 Å². The number of rotatable bonds is 7. The Balaban J connectivity index is 1.90. The van der Waals surface area contributed by atoms with Gasteiger partial charge in [0.15, 0.2) is 5.82 Å². The number of aromatic nitrogens is 2. The van der Waals surface area contributed by atoms with Gasteiger partial charge in [0, 0.05) is 12.5 Å². The Morgan fingerprint density at radius 1 is 1.39 bits per heavy atom. The highest BCUT2D eigenvalue weighted by atomic mass is 16.6. The van der Waals surface area contributed by atoms with Crippen LogP contribution in [0.5, 0.6) is 0 Å². The maximum atomic E-state index is 11.7. The van der Waals surface area contributed by atoms with E-state index in [9.17, 15) is 14.9 Å². The van der Waals surface area contributed by atoms with E-state index in [4.69, 9.17) is 4.74 Å². The summed E-state index contributed by atoms with van der Waals surface area (Å²) in [6.07, 6.45) is 4.77. The topological polar surface area (TPSA) is 87.3 Å². The Morgan fingerprint density at radius 2 is 2.13 bits per heavy atom. The smallest absolute Gasteiger partial charge is 0.342 e. The van der Waals surface area contributed by atoms with E-state index in [1.807, 2.05) is 37.3 Å². The van der Waals surface area contributed by atoms with Crippen LogP contribution in [-0.4, -0.2) is 27.1 Å². The number of benzene rings is 1. The Bertz CT molecular complexity index is 707. The normalized spacial score (nSPS) is 10.8. The minimum Gasteiger partial charge on any atom is -0.458 e. The summed E-state index contributed by atoms with van der Waals surface area (Å²) in [5.74, 6) is -0.0000249. The molecule has 0 atom stereocenters. The number of hydrogen-bond donors (Lipinski definition) is 0. The van der Waals surface area contributed by atoms with Crippen molar-refractivity contribution in [1.29, 1.82) is 0 Å². The van der Waals surface area contributed by atoms with Crippen molar-refractivity contribution in [3.05, 3.63) is 64.1 Å². The molecule has 0 amide bonds. The lowest BCUT2D eigenvalue weighted by atomic mass is 10.2. The quantitative estimate of drug-likeness (QED) is 0.339. The molecule has 2 aromatic rings. The summed E-state index contributed by atoms with van der Waals surface area (Å²) in [5, 5.41) is 10.9. The van der Waals surface area contributed by atoms with E-state index in [-0.39, 0.29) is 19.0 Å². The summed E-state index contributed by atoms with van der Waals surface area (Å²) in [5.41, 5.74) is 0.892. The van der Waals surface area contributed by atoms with Crippen molar-refractivity contribution in [3.63, 3.8) is 0 Å². The van der Waals surface area contributed by atoms with Crippen LogP contribution < -0.4 is 0 Å². The van der Waals surface area contributed by atoms with E-state index in [0.29, 0.717) is 12.2 Å². The molecule has 0 bridgehead atoms. The number of aryl methyl sites for hydroxylation is 1. The monoisotopic (exact) mass is 315 g/mol. The van der Waals surface area contributed by atoms with Gasteiger partial charge < -0.3 is 14.9 Å². The van der Waals surface area contributed by atoms with Gasteiger partial charge in [-0.3, -0.25) is 0 Å². The van der Waals surface area contributed by atoms with Crippen LogP contribution in [0.15, 0.2) is 42.6 Å². The van der Waals surface area contributed by atoms with Crippen molar-refractivity contribution in [1.82, 2.24) is 9.55 Å². The first-order chi connectivity index (χ1) is 11.1. The SMILES string of the molecule is CCc1ncc([N+](=O)[O-])n1CCOC(=O)/C=C/c1ccccc1. The summed E-state index contributed by atoms with van der Waals surface area (Å²) >= 11 is 0. The molecular formula is C16H17N3O4. The number of imidazole rings is 1. The van der Waals surface area contributed by atoms with E-state index < -0.39 is 10.9 Å². The molecule has 7 heteroatoms. The van der Waals surface area contributed by atoms with Gasteiger partial charge >= 0.3 is 11.8 Å². The van der Waals surface area contributed by atoms with Crippen molar-refractivity contribution in [2.75, 3.05) is 6.61 Å². The molecular weight excluding hydrogens is 298 g/mol. The first kappa shape index (κ1) is 16.4. The molecule has 120 valence electrons. The number of nitrogens with zero attached hydrogens (tertiary/aromatic N) is 3. The molecule has 1 aromatic carbocycles. The van der Waals surface area contributed by atoms with Crippen LogP contribution in [0.4, 0.5) is 5.82 Å². The second kappa shape index (κ2) is 7.88. The van der Waals surface area contributed by atoms with E-state index >= 15 is 0 Å². The van der Waals surface area contributed by atoms with Crippen LogP contribution in [0.1, 0.15) is 18.3 Å². The zero-order chi connectivity index (χ0) is 16.7. The number of nitro groups is 1. The lowest BCUT2D eigenvalue weighted by Crippen LogP contribution is -2.13. The fraction of sp³-hybridized carbons (Fsp3) is 0.250. The Kier molecular flexibility index (Phi) is 5.62. The standard InChI is InChI=1S/C16H17N3O4/c1-2-14-17-12-15(19(21)22)18(14)10-11-23-16(20)9-8-13-6-4-3-5-7-13/h3-9,12H,2,10-11H2,1H3/b9-8+. The van der Waals surface area contributed by atoms with Crippen molar-refractivity contribution in [2.45, 2.75) is 19.9 Å². The highest BCUT2D eigenvalue weighted by molar-refractivity contribution is 5.86. The Morgan fingerprint density at radius 3 is 2.78 bits per heavy atom. The molecule has 0 aliphatic rings. The third-order valence-corrected chi connectivity index (χ3v) is 3.19. The van der Waals surface area contributed by atoms with Crippen molar-refractivity contribution >= 4 is 17.9 Å². The summed E-state index contributed by atoms with van der Waals surface area (Å²) < 4.78 is 6.53. The van der Waals surface area contributed by atoms with Gasteiger partial charge in [0.2, 0.25) is 0 Å². The summed E-state index contributed by atoms with van der Waals surface area (Å²) in [4.78, 5) is 26.1. The predicted octanol–water partition coefficient (Wildman–Crippen LogP) is 2.61. The molecule has 1 aromatic heterocycles. The number of ether oxygens (including phenoxy) is 1. The molecule has 2 rings (SSSR count). The third-order valence-electron chi connectivity index (χ3n) is 3.19. The lowest BCUT2D eigenvalue weighted by Gasteiger charge is -2.04. The molecule has 0 saturated heterocycles. The van der Waals surface area contributed by atoms with Crippen LogP contribution in [0.3, 0.4) is 0 Å². The summed E-state index contributed by atoms with van der Waals surface area (Å²) in [7, 11) is 0. The molecule has 0 aliphatic heterocycles. The van der Waals surface area contributed by atoms with Crippen molar-refractivity contribution in [2.24, 2.45) is 0 Å². The second-order valence-electron chi connectivity index (χ2n) is 4.71. The molecule has 0 unspecified atom stereocenters. The largest absolute Gasteiger partial charge is 0.458 e. The molecule has 0 spiro atoms. The summed E-state index contributed by atoms with van der Waals surface area (Å²) in [6.45, 7) is 2.10. The van der Waals surface area contributed by atoms with Crippen LogP contribution in [0.25, 0.3) is 6.08 Å². The van der Waals surface area contributed by atoms with E-state index in [0.717, 1.165) is 5.56 Å². The zero-order valence-electron chi connectivity index (χ0n) is 12.7. The van der Waals surface area contributed by atoms with E-state index in [1.165, 1.54) is 16.8 Å². The average molecular weight is 315 g/mol. The molecule has 23 heavy (non-hydrogen) atoms. The number of esters is 1. The van der Waals surface area contributed by atoms with E-state index in [1.54, 1.807) is 6.08 Å². The maximum Gasteiger partial charge on any atom is 0.342 e. The van der Waals surface area contributed by atoms with Gasteiger partial charge in [0.25, 0.3) is 0 Å². The van der Waals surface area contributed by atoms with Gasteiger partial charge in [0.05, 0.1) is 0 Å². The second-order valence-corrected chi connectivity index (χ2v) is 4.71. The number of carbonyl (C=O) groups excluding carboxylic acids is 1. The fourth-order valence-corrected chi connectivity index (χ4v) is 2.09. The van der Waals surface area contributed by atoms with Gasteiger partial charge in [-0.05, 0) is 16.6 Å². The Labute approximate surface area is 133 Å². The maximum absolute atomic E-state index is 11.7. The lowest BCUT2D eigenvalue weighted by molar-refractivity contribution is -0.392. The molecule has 0 N–H and O–H groups in total. The van der Waals surface area contributed by atoms with E-state index in [2.05, 4.69) is 4.98 Å². The van der Waals surface area contributed by atoms with Crippen LogP contribution in [-0.2, 0) is 22.5 Å². The summed E-state index contributed by atoms with van der Waals surface area (Å²) in [6, 6.07) is 9.36. The molecule has 7 nitrogen and oxygen atoms in total. The Hall–Kier alpha value is -2.96. The van der Waals surface area contributed by atoms with Gasteiger partial charge in [-0.1, -0.05) is 37.3 Å². The zero-order valence-corrected chi connectivity index (χ0v) is 12.7. The first-order valence-electron chi connectivity index (χ1n) is 7.20. The van der Waals surface area contributed by atoms with Crippen molar-refractivity contribution < 1.29 is 14.5 Å². The molecule has 0 aliphatic carbocycles. The van der Waals surface area contributed by atoms with Gasteiger partial charge in [0.1, 0.15) is 19.3 Å². The molecule has 1 heterocycles. The third kappa shape index (κ3) is 4.50. The van der Waals surface area contributed by atoms with Crippen LogP contribution >= 0.6 is 0 Å². The first-order valence-corrected chi connectivity index (χ1v) is 7.20. The average Bonchev–Trinajstić information content (AvgIpc) is 2.97. The molecule has 0 saturated carbocycles. The minimum atomic E-state index is -0.497. The predicted molar refractivity (Wildman–Crippen MR) is 84.7 cm³/mol. The van der Waals surface area contributed by atoms with Crippen LogP contribution in [0, 0.1) is 10.1 Å². The highest BCUT2D eigenvalue weighted by Gasteiger charge is 2.18. The number of hydrogen-bond acceptors (Lipinski definition) is 5. The minimum absolute atomic E-state index is 0.0438. The number of carbonyl (C=O) groups is 1. The molecule has 0 fully saturated rings. The fourth-order valence-electron chi connectivity index (χ4n) is 2.09. The van der Waals surface area contributed by atoms with Gasteiger partial charge in [-0.25, -0.2) is 14.3 Å².